The number of carbonyl (C=O) groups excluding carboxylic acids is 1. The Kier molecular flexibility index (Phi) is 7.72. The van der Waals surface area contributed by atoms with Crippen molar-refractivity contribution < 1.29 is 9.53 Å². The molecule has 0 saturated heterocycles. The Hall–Kier alpha value is -4.14. The van der Waals surface area contributed by atoms with Crippen LogP contribution in [0.5, 0.6) is 5.75 Å². The molecule has 0 unspecified atom stereocenters. The molecule has 0 radical (unpaired) electrons. The average molecular weight is 540 g/mol. The molecule has 0 aliphatic rings. The number of amides is 1. The third-order valence-corrected chi connectivity index (χ3v) is 8.07. The molecule has 0 saturated carbocycles. The highest BCUT2D eigenvalue weighted by atomic mass is 32.2. The number of allylic oxidation sites excluding steroid dienone is 1. The van der Waals surface area contributed by atoms with Gasteiger partial charge >= 0.3 is 0 Å². The highest BCUT2D eigenvalue weighted by Gasteiger charge is 2.26. The van der Waals surface area contributed by atoms with Gasteiger partial charge in [-0.15, -0.1) is 17.9 Å². The average Bonchev–Trinajstić information content (AvgIpc) is 3.39. The van der Waals surface area contributed by atoms with E-state index in [1.54, 1.807) is 23.8 Å². The molecule has 190 valence electrons. The summed E-state index contributed by atoms with van der Waals surface area (Å²) in [6, 6.07) is 26.5. The summed E-state index contributed by atoms with van der Waals surface area (Å²) in [6.07, 6.45) is 1.67. The maximum absolute atomic E-state index is 13.8. The quantitative estimate of drug-likeness (QED) is 0.127. The second kappa shape index (κ2) is 11.5. The molecule has 1 N–H and O–H groups in total. The standard InChI is InChI=1S/C30H25N3O3S2/c1-3-17-33-29(35)25-24(20-11-6-4-7-12-20)19-37-28(25)32-30(33)38-26(21-13-8-5-9-14-21)27(34)31-22-15-10-16-23(18-22)36-2/h3-16,18-19,26H,1,17H2,2H3,(H,31,34)/t26-/m0/s1. The van der Waals surface area contributed by atoms with Gasteiger partial charge in [0, 0.05) is 29.2 Å². The maximum atomic E-state index is 13.8. The van der Waals surface area contributed by atoms with Crippen LogP contribution >= 0.6 is 23.1 Å². The predicted octanol–water partition coefficient (Wildman–Crippen LogP) is 6.79. The van der Waals surface area contributed by atoms with Gasteiger partial charge in [-0.3, -0.25) is 14.2 Å². The normalized spacial score (nSPS) is 11.7. The first kappa shape index (κ1) is 25.5. The van der Waals surface area contributed by atoms with Crippen molar-refractivity contribution in [2.24, 2.45) is 0 Å². The van der Waals surface area contributed by atoms with E-state index in [-0.39, 0.29) is 18.0 Å². The molecule has 6 nitrogen and oxygen atoms in total. The Morgan fingerprint density at radius 3 is 2.55 bits per heavy atom. The summed E-state index contributed by atoms with van der Waals surface area (Å²) in [6.45, 7) is 4.12. The molecule has 5 rings (SSSR count). The number of hydrogen-bond donors (Lipinski definition) is 1. The van der Waals surface area contributed by atoms with Crippen molar-refractivity contribution in [1.29, 1.82) is 0 Å². The van der Waals surface area contributed by atoms with Gasteiger partial charge in [-0.2, -0.15) is 0 Å². The number of methoxy groups -OCH3 is 1. The lowest BCUT2D eigenvalue weighted by Crippen LogP contribution is -2.25. The number of ether oxygens (including phenoxy) is 1. The van der Waals surface area contributed by atoms with Gasteiger partial charge in [-0.1, -0.05) is 84.6 Å². The zero-order valence-electron chi connectivity index (χ0n) is 20.7. The summed E-state index contributed by atoms with van der Waals surface area (Å²) in [5.74, 6) is 0.413. The molecular weight excluding hydrogens is 514 g/mol. The number of thiophene rings is 1. The zero-order chi connectivity index (χ0) is 26.5. The van der Waals surface area contributed by atoms with Crippen LogP contribution in [0.1, 0.15) is 10.8 Å². The van der Waals surface area contributed by atoms with Crippen molar-refractivity contribution in [3.8, 4) is 16.9 Å². The van der Waals surface area contributed by atoms with E-state index < -0.39 is 5.25 Å². The molecule has 38 heavy (non-hydrogen) atoms. The third-order valence-electron chi connectivity index (χ3n) is 5.96. The van der Waals surface area contributed by atoms with Crippen LogP contribution < -0.4 is 15.6 Å². The van der Waals surface area contributed by atoms with E-state index in [1.165, 1.54) is 23.1 Å². The third kappa shape index (κ3) is 5.27. The lowest BCUT2D eigenvalue weighted by atomic mass is 10.1. The summed E-state index contributed by atoms with van der Waals surface area (Å²) in [5, 5.41) is 5.33. The van der Waals surface area contributed by atoms with Crippen LogP contribution in [0.2, 0.25) is 0 Å². The Morgan fingerprint density at radius 1 is 1.11 bits per heavy atom. The number of nitrogens with zero attached hydrogens (tertiary/aromatic N) is 2. The Balaban J connectivity index is 1.57. The van der Waals surface area contributed by atoms with Crippen molar-refractivity contribution in [2.75, 3.05) is 12.4 Å². The summed E-state index contributed by atoms with van der Waals surface area (Å²) < 4.78 is 6.89. The van der Waals surface area contributed by atoms with Gasteiger partial charge in [0.2, 0.25) is 5.91 Å². The van der Waals surface area contributed by atoms with Crippen molar-refractivity contribution in [1.82, 2.24) is 9.55 Å². The largest absolute Gasteiger partial charge is 0.497 e. The van der Waals surface area contributed by atoms with E-state index in [1.807, 2.05) is 84.2 Å². The summed E-state index contributed by atoms with van der Waals surface area (Å²) >= 11 is 2.67. The first-order valence-corrected chi connectivity index (χ1v) is 13.7. The van der Waals surface area contributed by atoms with Crippen molar-refractivity contribution in [2.45, 2.75) is 17.0 Å². The molecule has 0 aliphatic heterocycles. The lowest BCUT2D eigenvalue weighted by Gasteiger charge is -2.19. The van der Waals surface area contributed by atoms with E-state index in [4.69, 9.17) is 9.72 Å². The van der Waals surface area contributed by atoms with Crippen LogP contribution in [0.15, 0.2) is 113 Å². The fourth-order valence-corrected chi connectivity index (χ4v) is 6.22. The van der Waals surface area contributed by atoms with Crippen LogP contribution in [0.4, 0.5) is 5.69 Å². The van der Waals surface area contributed by atoms with Gasteiger partial charge in [0.15, 0.2) is 5.16 Å². The molecule has 1 atom stereocenters. The monoisotopic (exact) mass is 539 g/mol. The first-order chi connectivity index (χ1) is 18.6. The fraction of sp³-hybridized carbons (Fsp3) is 0.100. The molecule has 1 amide bonds. The SMILES string of the molecule is C=CCn1c(S[C@H](C(=O)Nc2cccc(OC)c2)c2ccccc2)nc2scc(-c3ccccc3)c2c1=O. The fourth-order valence-electron chi connectivity index (χ4n) is 4.13. The van der Waals surface area contributed by atoms with Crippen molar-refractivity contribution in [3.05, 3.63) is 119 Å². The zero-order valence-corrected chi connectivity index (χ0v) is 22.3. The second-order valence-electron chi connectivity index (χ2n) is 8.42. The van der Waals surface area contributed by atoms with Gasteiger partial charge in [0.25, 0.3) is 5.56 Å². The molecule has 0 bridgehead atoms. The van der Waals surface area contributed by atoms with E-state index in [0.29, 0.717) is 26.8 Å². The molecule has 0 aliphatic carbocycles. The number of hydrogen-bond acceptors (Lipinski definition) is 6. The van der Waals surface area contributed by atoms with Gasteiger partial charge < -0.3 is 10.1 Å². The smallest absolute Gasteiger partial charge is 0.263 e. The number of aromatic nitrogens is 2. The highest BCUT2D eigenvalue weighted by Crippen LogP contribution is 2.38. The number of nitrogens with one attached hydrogen (secondary N) is 1. The number of carbonyl (C=O) groups is 1. The highest BCUT2D eigenvalue weighted by molar-refractivity contribution is 8.00. The van der Waals surface area contributed by atoms with Crippen LogP contribution in [-0.4, -0.2) is 22.6 Å². The van der Waals surface area contributed by atoms with E-state index in [0.717, 1.165) is 16.7 Å². The number of fused-ring (bicyclic) bond motifs is 1. The van der Waals surface area contributed by atoms with Gasteiger partial charge in [-0.05, 0) is 23.3 Å². The minimum atomic E-state index is -0.656. The van der Waals surface area contributed by atoms with E-state index in [9.17, 15) is 9.59 Å². The molecule has 0 spiro atoms. The van der Waals surface area contributed by atoms with Crippen LogP contribution in [0, 0.1) is 0 Å². The Morgan fingerprint density at radius 2 is 1.84 bits per heavy atom. The molecule has 5 aromatic rings. The van der Waals surface area contributed by atoms with Crippen LogP contribution in [0.3, 0.4) is 0 Å². The van der Waals surface area contributed by atoms with Gasteiger partial charge in [0.05, 0.1) is 12.5 Å². The second-order valence-corrected chi connectivity index (χ2v) is 10.4. The summed E-state index contributed by atoms with van der Waals surface area (Å²) in [5.41, 5.74) is 3.08. The predicted molar refractivity (Wildman–Crippen MR) is 156 cm³/mol. The maximum Gasteiger partial charge on any atom is 0.263 e. The van der Waals surface area contributed by atoms with Gasteiger partial charge in [0.1, 0.15) is 15.8 Å². The Labute approximate surface area is 228 Å². The van der Waals surface area contributed by atoms with E-state index in [2.05, 4.69) is 11.9 Å². The first-order valence-electron chi connectivity index (χ1n) is 11.9. The van der Waals surface area contributed by atoms with E-state index >= 15 is 0 Å². The van der Waals surface area contributed by atoms with Crippen LogP contribution in [0.25, 0.3) is 21.3 Å². The topological polar surface area (TPSA) is 73.2 Å². The molecule has 2 aromatic heterocycles. The summed E-state index contributed by atoms with van der Waals surface area (Å²) in [4.78, 5) is 32.9. The molecule has 3 aromatic carbocycles. The number of anilines is 1. The summed E-state index contributed by atoms with van der Waals surface area (Å²) in [7, 11) is 1.58. The number of thioether (sulfide) groups is 1. The Bertz CT molecular complexity index is 1650. The lowest BCUT2D eigenvalue weighted by molar-refractivity contribution is -0.115. The van der Waals surface area contributed by atoms with Crippen molar-refractivity contribution in [3.63, 3.8) is 0 Å². The van der Waals surface area contributed by atoms with Crippen molar-refractivity contribution >= 4 is 44.9 Å². The number of rotatable bonds is 9. The number of benzene rings is 3. The minimum absolute atomic E-state index is 0.155. The molecule has 0 fully saturated rings. The van der Waals surface area contributed by atoms with Crippen LogP contribution in [-0.2, 0) is 11.3 Å². The molecule has 8 heteroatoms. The molecular formula is C30H25N3O3S2. The van der Waals surface area contributed by atoms with Gasteiger partial charge in [-0.25, -0.2) is 4.98 Å². The molecule has 2 heterocycles. The minimum Gasteiger partial charge on any atom is -0.497 e.